The maximum absolute atomic E-state index is 13.7. The van der Waals surface area contributed by atoms with Crippen LogP contribution in [0, 0.1) is 15.9 Å². The van der Waals surface area contributed by atoms with Crippen LogP contribution in [0.5, 0.6) is 0 Å². The highest BCUT2D eigenvalue weighted by Gasteiger charge is 2.28. The first-order valence-electron chi connectivity index (χ1n) is 5.13. The molecule has 19 heavy (non-hydrogen) atoms. The lowest BCUT2D eigenvalue weighted by atomic mass is 10.1. The van der Waals surface area contributed by atoms with E-state index in [1.54, 1.807) is 0 Å². The Morgan fingerprint density at radius 2 is 2.21 bits per heavy atom. The number of carbonyl (C=O) groups is 1. The van der Waals surface area contributed by atoms with E-state index >= 15 is 0 Å². The number of nitrogens with zero attached hydrogens (tertiary/aromatic N) is 2. The molecular weight excluding hydrogens is 269 g/mol. The molecule has 0 saturated carbocycles. The van der Waals surface area contributed by atoms with E-state index in [0.29, 0.717) is 6.20 Å². The predicted molar refractivity (Wildman–Crippen MR) is 56.1 cm³/mol. The highest BCUT2D eigenvalue weighted by atomic mass is 19.3. The van der Waals surface area contributed by atoms with Crippen molar-refractivity contribution in [2.45, 2.75) is 19.8 Å². The van der Waals surface area contributed by atoms with E-state index in [4.69, 9.17) is 0 Å². The molecule has 0 amide bonds. The van der Waals surface area contributed by atoms with E-state index in [2.05, 4.69) is 9.72 Å². The van der Waals surface area contributed by atoms with Crippen LogP contribution < -0.4 is 0 Å². The summed E-state index contributed by atoms with van der Waals surface area (Å²) in [4.78, 5) is 23.8. The Balaban J connectivity index is 3.26. The molecule has 0 aliphatic carbocycles. The second-order valence-corrected chi connectivity index (χ2v) is 3.36. The zero-order valence-electron chi connectivity index (χ0n) is 9.73. The second-order valence-electron chi connectivity index (χ2n) is 3.36. The maximum atomic E-state index is 13.7. The number of pyridine rings is 1. The smallest absolute Gasteiger partial charge is 0.310 e. The number of nitro groups is 1. The fraction of sp³-hybridized carbons (Fsp3) is 0.400. The third-order valence-corrected chi connectivity index (χ3v) is 2.15. The van der Waals surface area contributed by atoms with Crippen molar-refractivity contribution >= 4 is 11.7 Å². The Kier molecular flexibility index (Phi) is 4.79. The molecule has 1 aromatic rings. The number of halogens is 3. The summed E-state index contributed by atoms with van der Waals surface area (Å²) in [6.07, 6.45) is -3.54. The van der Waals surface area contributed by atoms with Gasteiger partial charge in [-0.3, -0.25) is 14.9 Å². The monoisotopic (exact) mass is 278 g/mol. The minimum absolute atomic E-state index is 0.0129. The molecule has 0 fully saturated rings. The molecule has 0 N–H and O–H groups in total. The Morgan fingerprint density at radius 1 is 1.58 bits per heavy atom. The molecular formula is C10H9F3N2O4. The third kappa shape index (κ3) is 3.39. The van der Waals surface area contributed by atoms with Crippen LogP contribution in [0.4, 0.5) is 18.9 Å². The molecule has 1 heterocycles. The van der Waals surface area contributed by atoms with Crippen molar-refractivity contribution in [1.29, 1.82) is 0 Å². The molecule has 6 nitrogen and oxygen atoms in total. The largest absolute Gasteiger partial charge is 0.466 e. The van der Waals surface area contributed by atoms with E-state index in [1.165, 1.54) is 6.92 Å². The van der Waals surface area contributed by atoms with Crippen LogP contribution in [-0.2, 0) is 16.0 Å². The van der Waals surface area contributed by atoms with Gasteiger partial charge in [-0.25, -0.2) is 18.2 Å². The minimum atomic E-state index is -3.23. The van der Waals surface area contributed by atoms with Crippen molar-refractivity contribution in [1.82, 2.24) is 4.98 Å². The fourth-order valence-corrected chi connectivity index (χ4v) is 1.37. The number of esters is 1. The van der Waals surface area contributed by atoms with Gasteiger partial charge in [-0.05, 0) is 6.92 Å². The standard InChI is InChI=1S/C10H9F3N2O4/c1-2-19-7(16)3-5-6(15(17)18)4-14-9(8(5)11)10(12)13/h4,10H,2-3H2,1H3. The van der Waals surface area contributed by atoms with E-state index in [1.807, 2.05) is 0 Å². The molecule has 0 atom stereocenters. The van der Waals surface area contributed by atoms with E-state index in [-0.39, 0.29) is 6.61 Å². The number of aromatic nitrogens is 1. The van der Waals surface area contributed by atoms with Crippen LogP contribution >= 0.6 is 0 Å². The van der Waals surface area contributed by atoms with Gasteiger partial charge in [0.1, 0.15) is 11.9 Å². The van der Waals surface area contributed by atoms with Crippen molar-refractivity contribution in [2.75, 3.05) is 6.61 Å². The average molecular weight is 278 g/mol. The van der Waals surface area contributed by atoms with Crippen LogP contribution in [0.2, 0.25) is 0 Å². The van der Waals surface area contributed by atoms with Crippen molar-refractivity contribution in [3.05, 3.63) is 33.4 Å². The summed E-state index contributed by atoms with van der Waals surface area (Å²) in [6.45, 7) is 1.47. The molecule has 0 aliphatic rings. The summed E-state index contributed by atoms with van der Waals surface area (Å²) in [7, 11) is 0. The van der Waals surface area contributed by atoms with Gasteiger partial charge in [-0.1, -0.05) is 0 Å². The summed E-state index contributed by atoms with van der Waals surface area (Å²) in [5.74, 6) is -2.51. The number of rotatable bonds is 5. The highest BCUT2D eigenvalue weighted by molar-refractivity contribution is 5.74. The number of alkyl halides is 2. The Morgan fingerprint density at radius 3 is 2.68 bits per heavy atom. The van der Waals surface area contributed by atoms with Crippen LogP contribution in [0.25, 0.3) is 0 Å². The van der Waals surface area contributed by atoms with Crippen LogP contribution in [0.3, 0.4) is 0 Å². The number of hydrogen-bond acceptors (Lipinski definition) is 5. The van der Waals surface area contributed by atoms with Crippen molar-refractivity contribution in [3.8, 4) is 0 Å². The van der Waals surface area contributed by atoms with Crippen LogP contribution in [-0.4, -0.2) is 22.5 Å². The van der Waals surface area contributed by atoms with Crippen LogP contribution in [0.15, 0.2) is 6.20 Å². The van der Waals surface area contributed by atoms with Crippen molar-refractivity contribution < 1.29 is 27.6 Å². The summed E-state index contributed by atoms with van der Waals surface area (Å²) in [5.41, 5.74) is -2.83. The summed E-state index contributed by atoms with van der Waals surface area (Å²) >= 11 is 0. The molecule has 1 rings (SSSR count). The topological polar surface area (TPSA) is 82.3 Å². The molecule has 0 unspecified atom stereocenters. The first kappa shape index (κ1) is 14.9. The molecule has 9 heteroatoms. The van der Waals surface area contributed by atoms with Crippen molar-refractivity contribution in [2.24, 2.45) is 0 Å². The first-order chi connectivity index (χ1) is 8.88. The van der Waals surface area contributed by atoms with Gasteiger partial charge in [0.15, 0.2) is 5.82 Å². The minimum Gasteiger partial charge on any atom is -0.466 e. The summed E-state index contributed by atoms with van der Waals surface area (Å²) in [5, 5.41) is 10.7. The summed E-state index contributed by atoms with van der Waals surface area (Å²) < 4.78 is 43.1. The number of ether oxygens (including phenoxy) is 1. The normalized spacial score (nSPS) is 10.6. The number of carbonyl (C=O) groups excluding carboxylic acids is 1. The second kappa shape index (κ2) is 6.12. The van der Waals surface area contributed by atoms with Gasteiger partial charge < -0.3 is 4.74 Å². The van der Waals surface area contributed by atoms with Gasteiger partial charge >= 0.3 is 5.97 Å². The van der Waals surface area contributed by atoms with E-state index < -0.39 is 46.5 Å². The summed E-state index contributed by atoms with van der Waals surface area (Å²) in [6, 6.07) is 0. The van der Waals surface area contributed by atoms with Gasteiger partial charge in [0.05, 0.1) is 23.5 Å². The predicted octanol–water partition coefficient (Wildman–Crippen LogP) is 2.17. The zero-order chi connectivity index (χ0) is 14.6. The quantitative estimate of drug-likeness (QED) is 0.468. The van der Waals surface area contributed by atoms with Crippen LogP contribution in [0.1, 0.15) is 24.6 Å². The molecule has 0 radical (unpaired) electrons. The molecule has 0 aromatic carbocycles. The van der Waals surface area contributed by atoms with Gasteiger partial charge in [-0.2, -0.15) is 0 Å². The molecule has 0 spiro atoms. The van der Waals surface area contributed by atoms with Gasteiger partial charge in [0.2, 0.25) is 0 Å². The van der Waals surface area contributed by atoms with Crippen molar-refractivity contribution in [3.63, 3.8) is 0 Å². The first-order valence-corrected chi connectivity index (χ1v) is 5.13. The van der Waals surface area contributed by atoms with Gasteiger partial charge in [0, 0.05) is 0 Å². The lowest BCUT2D eigenvalue weighted by Crippen LogP contribution is -2.13. The SMILES string of the molecule is CCOC(=O)Cc1c([N+](=O)[O-])cnc(C(F)F)c1F. The molecule has 1 aromatic heterocycles. The molecule has 0 aliphatic heterocycles. The van der Waals surface area contributed by atoms with E-state index in [0.717, 1.165) is 0 Å². The Hall–Kier alpha value is -2.19. The number of hydrogen-bond donors (Lipinski definition) is 0. The highest BCUT2D eigenvalue weighted by Crippen LogP contribution is 2.28. The van der Waals surface area contributed by atoms with Gasteiger partial charge in [0.25, 0.3) is 12.1 Å². The maximum Gasteiger partial charge on any atom is 0.310 e. The average Bonchev–Trinajstić information content (AvgIpc) is 2.31. The molecule has 104 valence electrons. The Labute approximate surface area is 105 Å². The zero-order valence-corrected chi connectivity index (χ0v) is 9.73. The lowest BCUT2D eigenvalue weighted by Gasteiger charge is -2.07. The fourth-order valence-electron chi connectivity index (χ4n) is 1.37. The van der Waals surface area contributed by atoms with E-state index in [9.17, 15) is 28.1 Å². The molecule has 0 saturated heterocycles. The lowest BCUT2D eigenvalue weighted by molar-refractivity contribution is -0.386. The molecule has 0 bridgehead atoms. The Bertz CT molecular complexity index is 508. The third-order valence-electron chi connectivity index (χ3n) is 2.15. The van der Waals surface area contributed by atoms with Gasteiger partial charge in [-0.15, -0.1) is 0 Å².